The van der Waals surface area contributed by atoms with E-state index in [4.69, 9.17) is 11.6 Å². The van der Waals surface area contributed by atoms with Gasteiger partial charge in [-0.2, -0.15) is 0 Å². The molecule has 3 heteroatoms. The van der Waals surface area contributed by atoms with Gasteiger partial charge < -0.3 is 10.2 Å². The molecule has 98 valence electrons. The zero-order chi connectivity index (χ0) is 13.1. The van der Waals surface area contributed by atoms with E-state index in [-0.39, 0.29) is 0 Å². The third kappa shape index (κ3) is 2.75. The van der Waals surface area contributed by atoms with Crippen molar-refractivity contribution in [2.45, 2.75) is 6.04 Å². The lowest BCUT2D eigenvalue weighted by Gasteiger charge is -2.38. The zero-order valence-electron chi connectivity index (χ0n) is 10.7. The second-order valence-electron chi connectivity index (χ2n) is 4.80. The van der Waals surface area contributed by atoms with Gasteiger partial charge in [-0.1, -0.05) is 41.9 Å². The van der Waals surface area contributed by atoms with Crippen LogP contribution in [0.15, 0.2) is 54.6 Å². The highest BCUT2D eigenvalue weighted by Crippen LogP contribution is 2.28. The molecule has 1 N–H and O–H groups in total. The summed E-state index contributed by atoms with van der Waals surface area (Å²) in [7, 11) is 0. The normalized spacial score (nSPS) is 19.4. The van der Waals surface area contributed by atoms with Crippen LogP contribution in [0.3, 0.4) is 0 Å². The summed E-state index contributed by atoms with van der Waals surface area (Å²) in [6.07, 6.45) is 0. The Bertz CT molecular complexity index is 524. The molecule has 1 aliphatic heterocycles. The van der Waals surface area contributed by atoms with Crippen LogP contribution in [0.2, 0.25) is 5.02 Å². The summed E-state index contributed by atoms with van der Waals surface area (Å²) < 4.78 is 0. The standard InChI is InChI=1S/C16H17ClN2/c17-14-8-6-13(7-9-14)16-12-18-10-11-19(16)15-4-2-1-3-5-15/h1-9,16,18H,10-12H2. The Morgan fingerprint density at radius 1 is 1.00 bits per heavy atom. The van der Waals surface area contributed by atoms with E-state index < -0.39 is 0 Å². The number of rotatable bonds is 2. The summed E-state index contributed by atoms with van der Waals surface area (Å²) in [5.74, 6) is 0. The number of anilines is 1. The molecule has 0 radical (unpaired) electrons. The summed E-state index contributed by atoms with van der Waals surface area (Å²) in [6.45, 7) is 3.02. The van der Waals surface area contributed by atoms with Crippen molar-refractivity contribution in [3.8, 4) is 0 Å². The van der Waals surface area contributed by atoms with Crippen LogP contribution in [0.25, 0.3) is 0 Å². The SMILES string of the molecule is Clc1ccc(C2CNCCN2c2ccccc2)cc1. The van der Waals surface area contributed by atoms with Crippen molar-refractivity contribution in [2.24, 2.45) is 0 Å². The lowest BCUT2D eigenvalue weighted by atomic mass is 10.0. The second-order valence-corrected chi connectivity index (χ2v) is 5.24. The first kappa shape index (κ1) is 12.5. The fourth-order valence-corrected chi connectivity index (χ4v) is 2.74. The van der Waals surface area contributed by atoms with E-state index in [1.165, 1.54) is 11.3 Å². The van der Waals surface area contributed by atoms with E-state index in [0.717, 1.165) is 24.7 Å². The van der Waals surface area contributed by atoms with Crippen molar-refractivity contribution in [3.05, 3.63) is 65.2 Å². The van der Waals surface area contributed by atoms with Gasteiger partial charge in [0.1, 0.15) is 0 Å². The van der Waals surface area contributed by atoms with Crippen LogP contribution in [0, 0.1) is 0 Å². The molecule has 0 aromatic heterocycles. The molecule has 0 aliphatic carbocycles. The van der Waals surface area contributed by atoms with Crippen LogP contribution in [-0.4, -0.2) is 19.6 Å². The lowest BCUT2D eigenvalue weighted by molar-refractivity contribution is 0.490. The van der Waals surface area contributed by atoms with E-state index >= 15 is 0 Å². The van der Waals surface area contributed by atoms with Crippen LogP contribution in [0.1, 0.15) is 11.6 Å². The van der Waals surface area contributed by atoms with Crippen LogP contribution in [0.5, 0.6) is 0 Å². The molecule has 0 spiro atoms. The minimum atomic E-state index is 0.369. The van der Waals surface area contributed by atoms with Gasteiger partial charge in [0.25, 0.3) is 0 Å². The van der Waals surface area contributed by atoms with Gasteiger partial charge in [-0.05, 0) is 29.8 Å². The summed E-state index contributed by atoms with van der Waals surface area (Å²) in [5.41, 5.74) is 2.59. The molecule has 2 nitrogen and oxygen atoms in total. The summed E-state index contributed by atoms with van der Waals surface area (Å²) in [5, 5.41) is 4.26. The number of hydrogen-bond donors (Lipinski definition) is 1. The molecule has 0 bridgehead atoms. The molecule has 19 heavy (non-hydrogen) atoms. The smallest absolute Gasteiger partial charge is 0.0667 e. The van der Waals surface area contributed by atoms with Crippen molar-refractivity contribution in [1.82, 2.24) is 5.32 Å². The van der Waals surface area contributed by atoms with Gasteiger partial charge in [0, 0.05) is 30.3 Å². The topological polar surface area (TPSA) is 15.3 Å². The molecule has 2 aromatic rings. The first-order chi connectivity index (χ1) is 9.34. The minimum Gasteiger partial charge on any atom is -0.362 e. The molecule has 0 saturated carbocycles. The Hall–Kier alpha value is -1.51. The Labute approximate surface area is 119 Å². The van der Waals surface area contributed by atoms with Crippen LogP contribution < -0.4 is 10.2 Å². The maximum Gasteiger partial charge on any atom is 0.0667 e. The number of para-hydroxylation sites is 1. The van der Waals surface area contributed by atoms with Crippen molar-refractivity contribution < 1.29 is 0 Å². The summed E-state index contributed by atoms with van der Waals surface area (Å²) in [6, 6.07) is 19.1. The van der Waals surface area contributed by atoms with Crippen LogP contribution in [0.4, 0.5) is 5.69 Å². The van der Waals surface area contributed by atoms with Gasteiger partial charge in [-0.3, -0.25) is 0 Å². The molecular weight excluding hydrogens is 256 g/mol. The van der Waals surface area contributed by atoms with E-state index in [1.54, 1.807) is 0 Å². The van der Waals surface area contributed by atoms with Gasteiger partial charge in [0.15, 0.2) is 0 Å². The molecule has 1 aliphatic rings. The third-order valence-electron chi connectivity index (χ3n) is 3.59. The van der Waals surface area contributed by atoms with Gasteiger partial charge in [-0.25, -0.2) is 0 Å². The monoisotopic (exact) mass is 272 g/mol. The van der Waals surface area contributed by atoms with Gasteiger partial charge in [0.05, 0.1) is 6.04 Å². The Morgan fingerprint density at radius 3 is 2.47 bits per heavy atom. The molecule has 0 amide bonds. The zero-order valence-corrected chi connectivity index (χ0v) is 11.5. The van der Waals surface area contributed by atoms with Crippen molar-refractivity contribution in [3.63, 3.8) is 0 Å². The molecule has 1 unspecified atom stereocenters. The molecular formula is C16H17ClN2. The van der Waals surface area contributed by atoms with Gasteiger partial charge in [0.2, 0.25) is 0 Å². The third-order valence-corrected chi connectivity index (χ3v) is 3.84. The Balaban J connectivity index is 1.91. The quantitative estimate of drug-likeness (QED) is 0.900. The van der Waals surface area contributed by atoms with E-state index in [1.807, 2.05) is 12.1 Å². The van der Waals surface area contributed by atoms with E-state index in [2.05, 4.69) is 52.7 Å². The molecule has 2 aromatic carbocycles. The average Bonchev–Trinajstić information content (AvgIpc) is 2.49. The van der Waals surface area contributed by atoms with Crippen LogP contribution in [-0.2, 0) is 0 Å². The van der Waals surface area contributed by atoms with Gasteiger partial charge in [-0.15, -0.1) is 0 Å². The number of piperazine rings is 1. The highest BCUT2D eigenvalue weighted by molar-refractivity contribution is 6.30. The first-order valence-corrected chi connectivity index (χ1v) is 7.00. The van der Waals surface area contributed by atoms with E-state index in [9.17, 15) is 0 Å². The number of nitrogens with zero attached hydrogens (tertiary/aromatic N) is 1. The van der Waals surface area contributed by atoms with Gasteiger partial charge >= 0.3 is 0 Å². The minimum absolute atomic E-state index is 0.369. The average molecular weight is 273 g/mol. The summed E-state index contributed by atoms with van der Waals surface area (Å²) >= 11 is 5.97. The largest absolute Gasteiger partial charge is 0.362 e. The Kier molecular flexibility index (Phi) is 3.72. The maximum atomic E-state index is 5.97. The lowest BCUT2D eigenvalue weighted by Crippen LogP contribution is -2.46. The predicted octanol–water partition coefficient (Wildman–Crippen LogP) is 3.49. The van der Waals surface area contributed by atoms with Crippen molar-refractivity contribution in [2.75, 3.05) is 24.5 Å². The fraction of sp³-hybridized carbons (Fsp3) is 0.250. The fourth-order valence-electron chi connectivity index (χ4n) is 2.62. The number of nitrogens with one attached hydrogen (secondary N) is 1. The highest BCUT2D eigenvalue weighted by atomic mass is 35.5. The maximum absolute atomic E-state index is 5.97. The molecule has 1 saturated heterocycles. The molecule has 1 heterocycles. The number of hydrogen-bond acceptors (Lipinski definition) is 2. The molecule has 1 fully saturated rings. The number of benzene rings is 2. The van der Waals surface area contributed by atoms with Crippen molar-refractivity contribution >= 4 is 17.3 Å². The summed E-state index contributed by atoms with van der Waals surface area (Å²) in [4.78, 5) is 2.46. The first-order valence-electron chi connectivity index (χ1n) is 6.62. The molecule has 3 rings (SSSR count). The molecule has 1 atom stereocenters. The highest BCUT2D eigenvalue weighted by Gasteiger charge is 2.23. The Morgan fingerprint density at radius 2 is 1.74 bits per heavy atom. The van der Waals surface area contributed by atoms with Crippen LogP contribution >= 0.6 is 11.6 Å². The second kappa shape index (κ2) is 5.64. The van der Waals surface area contributed by atoms with Crippen molar-refractivity contribution in [1.29, 1.82) is 0 Å². The predicted molar refractivity (Wildman–Crippen MR) is 80.9 cm³/mol. The number of halogens is 1. The van der Waals surface area contributed by atoms with E-state index in [0.29, 0.717) is 6.04 Å².